The van der Waals surface area contributed by atoms with E-state index in [0.29, 0.717) is 0 Å². The average Bonchev–Trinajstić information content (AvgIpc) is 2.99. The average molecular weight is 375 g/mol. The summed E-state index contributed by atoms with van der Waals surface area (Å²) in [6.45, 7) is 2.10. The first kappa shape index (κ1) is 22.3. The Kier molecular flexibility index (Phi) is 7.29. The number of hydrogen-bond acceptors (Lipinski definition) is 4. The van der Waals surface area contributed by atoms with Crippen LogP contribution in [0, 0.1) is 17.8 Å². The SMILES string of the molecule is CCOC(=O)C1C(C2CN(C(=O)OC(C)(C)C)C2)C1[B-](F)(F)F.[K+]. The van der Waals surface area contributed by atoms with Crippen LogP contribution in [0.4, 0.5) is 17.7 Å². The molecule has 1 amide bonds. The van der Waals surface area contributed by atoms with Crippen LogP contribution < -0.4 is 51.4 Å². The summed E-state index contributed by atoms with van der Waals surface area (Å²) in [4.78, 5) is 24.9. The number of esters is 1. The summed E-state index contributed by atoms with van der Waals surface area (Å²) in [6.07, 6.45) is -0.531. The van der Waals surface area contributed by atoms with Gasteiger partial charge in [0.05, 0.1) is 6.61 Å². The molecular weight excluding hydrogens is 353 g/mol. The molecule has 1 saturated heterocycles. The van der Waals surface area contributed by atoms with Gasteiger partial charge in [0.1, 0.15) is 5.60 Å². The molecule has 1 aliphatic carbocycles. The maximum Gasteiger partial charge on any atom is 1.00 e. The summed E-state index contributed by atoms with van der Waals surface area (Å²) in [5, 5.41) is 0. The van der Waals surface area contributed by atoms with E-state index in [4.69, 9.17) is 9.47 Å². The largest absolute Gasteiger partial charge is 1.00 e. The molecule has 5 nitrogen and oxygen atoms in total. The second-order valence-corrected chi connectivity index (χ2v) is 7.20. The number of carbonyl (C=O) groups excluding carboxylic acids is 2. The molecule has 1 saturated carbocycles. The van der Waals surface area contributed by atoms with Gasteiger partial charge >= 0.3 is 70.4 Å². The predicted octanol–water partition coefficient (Wildman–Crippen LogP) is -0.116. The van der Waals surface area contributed by atoms with Gasteiger partial charge in [-0.15, -0.1) is 0 Å². The van der Waals surface area contributed by atoms with Crippen LogP contribution >= 0.6 is 0 Å². The minimum atomic E-state index is -5.09. The van der Waals surface area contributed by atoms with Gasteiger partial charge < -0.3 is 27.3 Å². The van der Waals surface area contributed by atoms with Crippen molar-refractivity contribution in [2.24, 2.45) is 17.8 Å². The number of carbonyl (C=O) groups is 2. The molecule has 10 heteroatoms. The molecule has 0 N–H and O–H groups in total. The first-order valence-corrected chi connectivity index (χ1v) is 7.80. The maximum absolute atomic E-state index is 13.1. The molecule has 0 bridgehead atoms. The van der Waals surface area contributed by atoms with E-state index in [1.807, 2.05) is 0 Å². The fraction of sp³-hybridized carbons (Fsp3) is 0.857. The molecular formula is C14H22BF3KNO4. The van der Waals surface area contributed by atoms with E-state index >= 15 is 0 Å². The number of ether oxygens (including phenoxy) is 2. The monoisotopic (exact) mass is 375 g/mol. The minimum absolute atomic E-state index is 0. The van der Waals surface area contributed by atoms with Gasteiger partial charge in [-0.25, -0.2) is 4.79 Å². The van der Waals surface area contributed by atoms with Gasteiger partial charge in [0.25, 0.3) is 0 Å². The maximum atomic E-state index is 13.1. The topological polar surface area (TPSA) is 55.8 Å². The van der Waals surface area contributed by atoms with Crippen LogP contribution in [0.2, 0.25) is 5.82 Å². The van der Waals surface area contributed by atoms with Crippen molar-refractivity contribution >= 4 is 19.0 Å². The fourth-order valence-corrected chi connectivity index (χ4v) is 3.24. The summed E-state index contributed by atoms with van der Waals surface area (Å²) >= 11 is 0. The van der Waals surface area contributed by atoms with Crippen molar-refractivity contribution in [1.82, 2.24) is 4.90 Å². The number of rotatable bonds is 4. The van der Waals surface area contributed by atoms with Crippen molar-refractivity contribution in [1.29, 1.82) is 0 Å². The van der Waals surface area contributed by atoms with Crippen LogP contribution in [0.25, 0.3) is 0 Å². The van der Waals surface area contributed by atoms with Gasteiger partial charge in [0.2, 0.25) is 0 Å². The molecule has 0 aromatic carbocycles. The molecule has 2 fully saturated rings. The fourth-order valence-electron chi connectivity index (χ4n) is 3.24. The van der Waals surface area contributed by atoms with E-state index in [1.165, 1.54) is 4.90 Å². The Morgan fingerprint density at radius 1 is 1.21 bits per heavy atom. The minimum Gasteiger partial charge on any atom is -0.466 e. The van der Waals surface area contributed by atoms with Gasteiger partial charge in [0.15, 0.2) is 0 Å². The molecule has 2 rings (SSSR count). The van der Waals surface area contributed by atoms with Gasteiger partial charge in [-0.2, -0.15) is 0 Å². The molecule has 1 heterocycles. The zero-order valence-corrected chi connectivity index (χ0v) is 17.8. The van der Waals surface area contributed by atoms with E-state index in [9.17, 15) is 22.5 Å². The van der Waals surface area contributed by atoms with E-state index < -0.39 is 42.3 Å². The van der Waals surface area contributed by atoms with Crippen molar-refractivity contribution in [2.75, 3.05) is 19.7 Å². The Bertz CT molecular complexity index is 491. The van der Waals surface area contributed by atoms with E-state index in [-0.39, 0.29) is 77.0 Å². The third-order valence-corrected chi connectivity index (χ3v) is 4.23. The predicted molar refractivity (Wildman–Crippen MR) is 77.7 cm³/mol. The quantitative estimate of drug-likeness (QED) is 0.508. The molecule has 3 unspecified atom stereocenters. The smallest absolute Gasteiger partial charge is 0.466 e. The number of likely N-dealkylation sites (tertiary alicyclic amines) is 1. The number of hydrogen-bond donors (Lipinski definition) is 0. The van der Waals surface area contributed by atoms with Crippen LogP contribution in [-0.2, 0) is 14.3 Å². The standard InChI is InChI=1S/C14H22BF3NO4.K/c1-5-22-12(20)10-9(11(10)15(16,17)18)8-6-19(7-8)13(21)23-14(2,3)4;/h8-11H,5-7H2,1-4H3;/q-1;+1. The zero-order valence-electron chi connectivity index (χ0n) is 14.7. The van der Waals surface area contributed by atoms with Crippen molar-refractivity contribution in [3.8, 4) is 0 Å². The van der Waals surface area contributed by atoms with E-state index in [2.05, 4.69) is 0 Å². The van der Waals surface area contributed by atoms with E-state index in [1.54, 1.807) is 27.7 Å². The van der Waals surface area contributed by atoms with Gasteiger partial charge in [-0.3, -0.25) is 4.79 Å². The van der Waals surface area contributed by atoms with Gasteiger partial charge in [-0.1, -0.05) is 5.82 Å². The first-order valence-electron chi connectivity index (χ1n) is 7.80. The third-order valence-electron chi connectivity index (χ3n) is 4.23. The van der Waals surface area contributed by atoms with Crippen molar-refractivity contribution in [3.05, 3.63) is 0 Å². The molecule has 2 aliphatic rings. The summed E-state index contributed by atoms with van der Waals surface area (Å²) in [7, 11) is 0. The Morgan fingerprint density at radius 3 is 2.17 bits per heavy atom. The molecule has 0 radical (unpaired) electrons. The summed E-state index contributed by atoms with van der Waals surface area (Å²) in [5.41, 5.74) is -0.646. The van der Waals surface area contributed by atoms with Gasteiger partial charge in [0, 0.05) is 19.0 Å². The summed E-state index contributed by atoms with van der Waals surface area (Å²) in [6, 6.07) is 0. The Labute approximate surface area is 182 Å². The number of amides is 1. The van der Waals surface area contributed by atoms with Crippen molar-refractivity contribution in [2.45, 2.75) is 39.1 Å². The molecule has 24 heavy (non-hydrogen) atoms. The van der Waals surface area contributed by atoms with E-state index in [0.717, 1.165) is 0 Å². The zero-order chi connectivity index (χ0) is 17.6. The Hall–Kier alpha value is 0.231. The van der Waals surface area contributed by atoms with Crippen molar-refractivity contribution < 1.29 is 83.4 Å². The summed E-state index contributed by atoms with van der Waals surface area (Å²) in [5.74, 6) is -4.59. The molecule has 3 atom stereocenters. The molecule has 0 aromatic rings. The van der Waals surface area contributed by atoms with Crippen LogP contribution in [0.15, 0.2) is 0 Å². The van der Waals surface area contributed by atoms with Crippen LogP contribution in [0.1, 0.15) is 27.7 Å². The summed E-state index contributed by atoms with van der Waals surface area (Å²) < 4.78 is 49.2. The molecule has 1 aliphatic heterocycles. The van der Waals surface area contributed by atoms with Crippen LogP contribution in [0.5, 0.6) is 0 Å². The number of nitrogens with zero attached hydrogens (tertiary/aromatic N) is 1. The van der Waals surface area contributed by atoms with Crippen LogP contribution in [0.3, 0.4) is 0 Å². The third kappa shape index (κ3) is 5.12. The molecule has 0 spiro atoms. The second-order valence-electron chi connectivity index (χ2n) is 7.20. The second kappa shape index (κ2) is 7.86. The number of halogens is 3. The van der Waals surface area contributed by atoms with Gasteiger partial charge in [-0.05, 0) is 39.5 Å². The first-order chi connectivity index (χ1) is 10.5. The molecule has 132 valence electrons. The molecule has 0 aromatic heterocycles. The normalized spacial score (nSPS) is 27.0. The van der Waals surface area contributed by atoms with Crippen LogP contribution in [-0.4, -0.2) is 49.2 Å². The Balaban J connectivity index is 0.00000288. The van der Waals surface area contributed by atoms with Crippen molar-refractivity contribution in [3.63, 3.8) is 0 Å². The Morgan fingerprint density at radius 2 is 1.75 bits per heavy atom.